The van der Waals surface area contributed by atoms with Crippen LogP contribution in [0.15, 0.2) is 22.7 Å². The lowest BCUT2D eigenvalue weighted by Gasteiger charge is -2.32. The molecule has 0 bridgehead atoms. The van der Waals surface area contributed by atoms with Crippen LogP contribution in [-0.2, 0) is 4.74 Å². The van der Waals surface area contributed by atoms with Crippen molar-refractivity contribution in [3.05, 3.63) is 28.2 Å². The highest BCUT2D eigenvalue weighted by Gasteiger charge is 2.20. The highest BCUT2D eigenvalue weighted by molar-refractivity contribution is 9.10. The maximum absolute atomic E-state index is 11.0. The standard InChI is InChI=1S/C14H18BrNO3/c1-2-16-6-7-18-12(8-16)10-19-14-11(9-17)4-3-5-13(14)15/h3-5,9,12H,2,6-8,10H2,1H3. The average molecular weight is 328 g/mol. The van der Waals surface area contributed by atoms with E-state index in [0.717, 1.165) is 37.0 Å². The number of hydrogen-bond acceptors (Lipinski definition) is 4. The molecule has 1 aliphatic heterocycles. The molecule has 0 N–H and O–H groups in total. The molecule has 1 aliphatic rings. The molecule has 0 spiro atoms. The van der Waals surface area contributed by atoms with Gasteiger partial charge in [-0.05, 0) is 34.6 Å². The second kappa shape index (κ2) is 7.03. The first kappa shape index (κ1) is 14.5. The van der Waals surface area contributed by atoms with Crippen LogP contribution >= 0.6 is 15.9 Å². The topological polar surface area (TPSA) is 38.8 Å². The molecule has 104 valence electrons. The average Bonchev–Trinajstić information content (AvgIpc) is 2.46. The molecule has 0 aliphatic carbocycles. The maximum atomic E-state index is 11.0. The van der Waals surface area contributed by atoms with Crippen LogP contribution in [-0.4, -0.2) is 50.1 Å². The minimum atomic E-state index is 0.0558. The third kappa shape index (κ3) is 3.78. The normalized spacial score (nSPS) is 20.2. The summed E-state index contributed by atoms with van der Waals surface area (Å²) < 4.78 is 12.2. The van der Waals surface area contributed by atoms with Gasteiger partial charge in [-0.2, -0.15) is 0 Å². The van der Waals surface area contributed by atoms with E-state index < -0.39 is 0 Å². The summed E-state index contributed by atoms with van der Waals surface area (Å²) in [5.41, 5.74) is 0.553. The lowest BCUT2D eigenvalue weighted by molar-refractivity contribution is -0.0465. The SMILES string of the molecule is CCN1CCOC(COc2c(Br)cccc2C=O)C1. The fourth-order valence-corrected chi connectivity index (χ4v) is 2.61. The molecule has 4 nitrogen and oxygen atoms in total. The van der Waals surface area contributed by atoms with E-state index in [9.17, 15) is 4.79 Å². The smallest absolute Gasteiger partial charge is 0.153 e. The Morgan fingerprint density at radius 3 is 3.16 bits per heavy atom. The van der Waals surface area contributed by atoms with E-state index in [1.54, 1.807) is 6.07 Å². The molecule has 1 aromatic carbocycles. The molecule has 0 radical (unpaired) electrons. The first-order chi connectivity index (χ1) is 9.24. The van der Waals surface area contributed by atoms with Gasteiger partial charge in [0.25, 0.3) is 0 Å². The molecule has 2 rings (SSSR count). The van der Waals surface area contributed by atoms with Gasteiger partial charge in [-0.3, -0.25) is 9.69 Å². The Labute approximate surface area is 121 Å². The molecule has 0 aromatic heterocycles. The maximum Gasteiger partial charge on any atom is 0.153 e. The number of ether oxygens (including phenoxy) is 2. The molecule has 1 atom stereocenters. The van der Waals surface area contributed by atoms with Crippen molar-refractivity contribution < 1.29 is 14.3 Å². The first-order valence-corrected chi connectivity index (χ1v) is 7.24. The Morgan fingerprint density at radius 1 is 1.58 bits per heavy atom. The third-order valence-electron chi connectivity index (χ3n) is 3.21. The number of carbonyl (C=O) groups is 1. The number of likely N-dealkylation sites (N-methyl/N-ethyl adjacent to an activating group) is 1. The van der Waals surface area contributed by atoms with E-state index >= 15 is 0 Å². The Hall–Kier alpha value is -0.910. The minimum Gasteiger partial charge on any atom is -0.489 e. The van der Waals surface area contributed by atoms with Gasteiger partial charge in [0.2, 0.25) is 0 Å². The van der Waals surface area contributed by atoms with E-state index in [-0.39, 0.29) is 6.10 Å². The summed E-state index contributed by atoms with van der Waals surface area (Å²) in [5.74, 6) is 0.592. The van der Waals surface area contributed by atoms with Crippen molar-refractivity contribution in [1.82, 2.24) is 4.90 Å². The van der Waals surface area contributed by atoms with Crippen LogP contribution in [0.4, 0.5) is 0 Å². The van der Waals surface area contributed by atoms with Gasteiger partial charge in [-0.25, -0.2) is 0 Å². The van der Waals surface area contributed by atoms with Crippen molar-refractivity contribution >= 4 is 22.2 Å². The highest BCUT2D eigenvalue weighted by atomic mass is 79.9. The number of benzene rings is 1. The second-order valence-electron chi connectivity index (χ2n) is 4.47. The van der Waals surface area contributed by atoms with Crippen molar-refractivity contribution in [2.24, 2.45) is 0 Å². The number of para-hydroxylation sites is 1. The quantitative estimate of drug-likeness (QED) is 0.778. The highest BCUT2D eigenvalue weighted by Crippen LogP contribution is 2.28. The molecule has 1 heterocycles. The number of morpholine rings is 1. The zero-order valence-corrected chi connectivity index (χ0v) is 12.6. The van der Waals surface area contributed by atoms with Gasteiger partial charge >= 0.3 is 0 Å². The van der Waals surface area contributed by atoms with Crippen molar-refractivity contribution in [2.45, 2.75) is 13.0 Å². The predicted molar refractivity (Wildman–Crippen MR) is 76.9 cm³/mol. The molecule has 1 fully saturated rings. The Bertz CT molecular complexity index is 439. The Morgan fingerprint density at radius 2 is 2.42 bits per heavy atom. The van der Waals surface area contributed by atoms with Gasteiger partial charge in [-0.15, -0.1) is 0 Å². The second-order valence-corrected chi connectivity index (χ2v) is 5.33. The van der Waals surface area contributed by atoms with Crippen LogP contribution in [0.2, 0.25) is 0 Å². The van der Waals surface area contributed by atoms with Gasteiger partial charge in [0, 0.05) is 13.1 Å². The van der Waals surface area contributed by atoms with E-state index in [1.807, 2.05) is 12.1 Å². The summed E-state index contributed by atoms with van der Waals surface area (Å²) in [5, 5.41) is 0. The summed E-state index contributed by atoms with van der Waals surface area (Å²) in [7, 11) is 0. The van der Waals surface area contributed by atoms with E-state index in [2.05, 4.69) is 27.8 Å². The number of aldehydes is 1. The molecule has 1 unspecified atom stereocenters. The molecule has 0 saturated carbocycles. The van der Waals surface area contributed by atoms with Gasteiger partial charge in [0.15, 0.2) is 6.29 Å². The summed E-state index contributed by atoms with van der Waals surface area (Å²) in [6.45, 7) is 6.20. The fourth-order valence-electron chi connectivity index (χ4n) is 2.12. The van der Waals surface area contributed by atoms with Crippen LogP contribution in [0.25, 0.3) is 0 Å². The molecule has 1 saturated heterocycles. The van der Waals surface area contributed by atoms with Crippen molar-refractivity contribution in [1.29, 1.82) is 0 Å². The Balaban J connectivity index is 1.97. The van der Waals surface area contributed by atoms with Crippen LogP contribution in [0.3, 0.4) is 0 Å². The zero-order chi connectivity index (χ0) is 13.7. The largest absolute Gasteiger partial charge is 0.489 e. The van der Waals surface area contributed by atoms with E-state index in [4.69, 9.17) is 9.47 Å². The number of halogens is 1. The molecule has 5 heteroatoms. The first-order valence-electron chi connectivity index (χ1n) is 6.45. The van der Waals surface area contributed by atoms with E-state index in [1.165, 1.54) is 0 Å². The van der Waals surface area contributed by atoms with Crippen LogP contribution in [0.5, 0.6) is 5.75 Å². The minimum absolute atomic E-state index is 0.0558. The van der Waals surface area contributed by atoms with Gasteiger partial charge in [-0.1, -0.05) is 13.0 Å². The third-order valence-corrected chi connectivity index (χ3v) is 3.83. The fraction of sp³-hybridized carbons (Fsp3) is 0.500. The summed E-state index contributed by atoms with van der Waals surface area (Å²) in [4.78, 5) is 13.3. The van der Waals surface area contributed by atoms with Gasteiger partial charge in [0.1, 0.15) is 18.5 Å². The van der Waals surface area contributed by atoms with Gasteiger partial charge < -0.3 is 9.47 Å². The lowest BCUT2D eigenvalue weighted by atomic mass is 10.2. The van der Waals surface area contributed by atoms with Crippen molar-refractivity contribution in [2.75, 3.05) is 32.8 Å². The van der Waals surface area contributed by atoms with Crippen LogP contribution in [0, 0.1) is 0 Å². The zero-order valence-electron chi connectivity index (χ0n) is 11.0. The summed E-state index contributed by atoms with van der Waals surface area (Å²) >= 11 is 3.40. The summed E-state index contributed by atoms with van der Waals surface area (Å²) in [6.07, 6.45) is 0.862. The molecular formula is C14H18BrNO3. The lowest BCUT2D eigenvalue weighted by Crippen LogP contribution is -2.44. The van der Waals surface area contributed by atoms with Crippen LogP contribution in [0.1, 0.15) is 17.3 Å². The summed E-state index contributed by atoms with van der Waals surface area (Å²) in [6, 6.07) is 5.42. The van der Waals surface area contributed by atoms with Gasteiger partial charge in [0.05, 0.1) is 16.6 Å². The van der Waals surface area contributed by atoms with E-state index in [0.29, 0.717) is 17.9 Å². The molecular weight excluding hydrogens is 310 g/mol. The Kier molecular flexibility index (Phi) is 5.36. The van der Waals surface area contributed by atoms with Crippen molar-refractivity contribution in [3.63, 3.8) is 0 Å². The monoisotopic (exact) mass is 327 g/mol. The van der Waals surface area contributed by atoms with Crippen LogP contribution < -0.4 is 4.74 Å². The predicted octanol–water partition coefficient (Wildman–Crippen LogP) is 2.36. The van der Waals surface area contributed by atoms with Crippen molar-refractivity contribution in [3.8, 4) is 5.75 Å². The molecule has 0 amide bonds. The number of carbonyl (C=O) groups excluding carboxylic acids is 1. The number of hydrogen-bond donors (Lipinski definition) is 0. The number of nitrogens with zero attached hydrogens (tertiary/aromatic N) is 1. The molecule has 1 aromatic rings. The molecule has 19 heavy (non-hydrogen) atoms. The number of rotatable bonds is 5.